The summed E-state index contributed by atoms with van der Waals surface area (Å²) in [4.78, 5) is 24.2. The second-order valence-electron chi connectivity index (χ2n) is 5.65. The quantitative estimate of drug-likeness (QED) is 0.676. The van der Waals surface area contributed by atoms with E-state index in [0.717, 1.165) is 24.2 Å². The van der Waals surface area contributed by atoms with E-state index in [0.29, 0.717) is 25.1 Å². The van der Waals surface area contributed by atoms with Crippen molar-refractivity contribution in [1.82, 2.24) is 20.8 Å². The Labute approximate surface area is 142 Å². The molecule has 0 saturated heterocycles. The SMILES string of the molecule is CCC(CC)(CC(=O)OC)NC(=O)c1n[nH]c2c1CNCC2.Cl. The van der Waals surface area contributed by atoms with E-state index in [9.17, 15) is 9.59 Å². The molecule has 0 atom stereocenters. The number of halogens is 1. The molecule has 0 saturated carbocycles. The number of esters is 1. The highest BCUT2D eigenvalue weighted by Crippen LogP contribution is 2.22. The average molecular weight is 345 g/mol. The molecule has 0 bridgehead atoms. The molecule has 0 aromatic carbocycles. The Balaban J connectivity index is 0.00000264. The van der Waals surface area contributed by atoms with Gasteiger partial charge >= 0.3 is 5.97 Å². The molecule has 8 heteroatoms. The maximum atomic E-state index is 12.6. The molecule has 23 heavy (non-hydrogen) atoms. The molecule has 0 spiro atoms. The van der Waals surface area contributed by atoms with Crippen LogP contribution in [0.5, 0.6) is 0 Å². The van der Waals surface area contributed by atoms with Gasteiger partial charge in [0.25, 0.3) is 5.91 Å². The fourth-order valence-corrected chi connectivity index (χ4v) is 2.78. The molecule has 7 nitrogen and oxygen atoms in total. The highest BCUT2D eigenvalue weighted by Gasteiger charge is 2.33. The Kier molecular flexibility index (Phi) is 7.02. The number of carbonyl (C=O) groups is 2. The van der Waals surface area contributed by atoms with E-state index >= 15 is 0 Å². The topological polar surface area (TPSA) is 96.1 Å². The maximum absolute atomic E-state index is 12.6. The van der Waals surface area contributed by atoms with Gasteiger partial charge in [-0.05, 0) is 12.8 Å². The maximum Gasteiger partial charge on any atom is 0.307 e. The largest absolute Gasteiger partial charge is 0.469 e. The molecule has 130 valence electrons. The molecular weight excluding hydrogens is 320 g/mol. The first-order valence-electron chi connectivity index (χ1n) is 7.71. The van der Waals surface area contributed by atoms with Gasteiger partial charge in [-0.2, -0.15) is 5.10 Å². The number of fused-ring (bicyclic) bond motifs is 1. The van der Waals surface area contributed by atoms with Gasteiger partial charge in [0, 0.05) is 30.8 Å². The normalized spacial score (nSPS) is 13.7. The Morgan fingerprint density at radius 3 is 2.65 bits per heavy atom. The second kappa shape index (κ2) is 8.31. The summed E-state index contributed by atoms with van der Waals surface area (Å²) in [7, 11) is 1.36. The Morgan fingerprint density at radius 1 is 1.35 bits per heavy atom. The molecule has 1 aromatic rings. The number of rotatable bonds is 6. The molecule has 1 amide bonds. The van der Waals surface area contributed by atoms with Crippen molar-refractivity contribution >= 4 is 24.3 Å². The van der Waals surface area contributed by atoms with E-state index in [1.54, 1.807) is 0 Å². The summed E-state index contributed by atoms with van der Waals surface area (Å²) >= 11 is 0. The van der Waals surface area contributed by atoms with Crippen LogP contribution in [0.2, 0.25) is 0 Å². The zero-order chi connectivity index (χ0) is 16.2. The Bertz CT molecular complexity index is 555. The van der Waals surface area contributed by atoms with Crippen LogP contribution in [0.15, 0.2) is 0 Å². The second-order valence-corrected chi connectivity index (χ2v) is 5.65. The van der Waals surface area contributed by atoms with Crippen molar-refractivity contribution in [3.8, 4) is 0 Å². The third-order valence-corrected chi connectivity index (χ3v) is 4.46. The zero-order valence-corrected chi connectivity index (χ0v) is 14.6. The molecule has 0 radical (unpaired) electrons. The third kappa shape index (κ3) is 4.23. The highest BCUT2D eigenvalue weighted by atomic mass is 35.5. The van der Waals surface area contributed by atoms with Crippen LogP contribution in [0.25, 0.3) is 0 Å². The summed E-state index contributed by atoms with van der Waals surface area (Å²) in [6.45, 7) is 5.42. The predicted octanol–water partition coefficient (Wildman–Crippen LogP) is 1.33. The van der Waals surface area contributed by atoms with E-state index in [1.165, 1.54) is 7.11 Å². The van der Waals surface area contributed by atoms with Crippen molar-refractivity contribution in [2.45, 2.75) is 51.6 Å². The lowest BCUT2D eigenvalue weighted by atomic mass is 9.88. The van der Waals surface area contributed by atoms with Crippen LogP contribution in [-0.4, -0.2) is 41.3 Å². The number of nitrogens with one attached hydrogen (secondary N) is 3. The van der Waals surface area contributed by atoms with E-state index in [4.69, 9.17) is 4.74 Å². The predicted molar refractivity (Wildman–Crippen MR) is 88.7 cm³/mol. The number of ether oxygens (including phenoxy) is 1. The molecule has 0 unspecified atom stereocenters. The van der Waals surface area contributed by atoms with Crippen LogP contribution in [0.3, 0.4) is 0 Å². The molecule has 2 heterocycles. The van der Waals surface area contributed by atoms with Crippen molar-refractivity contribution in [2.24, 2.45) is 0 Å². The van der Waals surface area contributed by atoms with E-state index in [1.807, 2.05) is 13.8 Å². The number of nitrogens with zero attached hydrogens (tertiary/aromatic N) is 1. The minimum atomic E-state index is -0.599. The van der Waals surface area contributed by atoms with Gasteiger partial charge in [-0.15, -0.1) is 12.4 Å². The summed E-state index contributed by atoms with van der Waals surface area (Å²) in [6.07, 6.45) is 2.29. The molecule has 1 aliphatic heterocycles. The number of carbonyl (C=O) groups excluding carboxylic acids is 2. The van der Waals surface area contributed by atoms with Crippen LogP contribution in [0, 0.1) is 0 Å². The van der Waals surface area contributed by atoms with E-state index < -0.39 is 5.54 Å². The van der Waals surface area contributed by atoms with Crippen molar-refractivity contribution in [3.05, 3.63) is 17.0 Å². The Hall–Kier alpha value is -1.60. The first kappa shape index (κ1) is 19.4. The van der Waals surface area contributed by atoms with Gasteiger partial charge in [0.05, 0.1) is 19.1 Å². The van der Waals surface area contributed by atoms with Gasteiger partial charge in [-0.25, -0.2) is 0 Å². The number of H-pyrrole nitrogens is 1. The minimum absolute atomic E-state index is 0. The van der Waals surface area contributed by atoms with E-state index in [-0.39, 0.29) is 30.7 Å². The minimum Gasteiger partial charge on any atom is -0.469 e. The number of hydrogen-bond acceptors (Lipinski definition) is 5. The fraction of sp³-hybridized carbons (Fsp3) is 0.667. The fourth-order valence-electron chi connectivity index (χ4n) is 2.78. The van der Waals surface area contributed by atoms with Gasteiger partial charge in [0.1, 0.15) is 0 Å². The number of aromatic amines is 1. The molecule has 0 aliphatic carbocycles. The molecule has 1 aromatic heterocycles. The van der Waals surface area contributed by atoms with Crippen molar-refractivity contribution in [2.75, 3.05) is 13.7 Å². The van der Waals surface area contributed by atoms with Crippen LogP contribution in [-0.2, 0) is 22.5 Å². The lowest BCUT2D eigenvalue weighted by Gasteiger charge is -2.31. The van der Waals surface area contributed by atoms with Crippen molar-refractivity contribution in [3.63, 3.8) is 0 Å². The van der Waals surface area contributed by atoms with Gasteiger partial charge in [-0.3, -0.25) is 14.7 Å². The lowest BCUT2D eigenvalue weighted by Crippen LogP contribution is -2.49. The summed E-state index contributed by atoms with van der Waals surface area (Å²) in [5.41, 5.74) is 1.75. The zero-order valence-electron chi connectivity index (χ0n) is 13.8. The summed E-state index contributed by atoms with van der Waals surface area (Å²) in [6, 6.07) is 0. The number of methoxy groups -OCH3 is 1. The molecule has 0 fully saturated rings. The monoisotopic (exact) mass is 344 g/mol. The summed E-state index contributed by atoms with van der Waals surface area (Å²) in [5.74, 6) is -0.566. The van der Waals surface area contributed by atoms with Gasteiger partial charge in [-0.1, -0.05) is 13.8 Å². The average Bonchev–Trinajstić information content (AvgIpc) is 2.98. The number of hydrogen-bond donors (Lipinski definition) is 3. The molecule has 1 aliphatic rings. The standard InChI is InChI=1S/C15H24N4O3.ClH/c1-4-15(5-2,8-12(20)22-3)17-14(21)13-10-9-16-7-6-11(10)18-19-13;/h16H,4-9H2,1-3H3,(H,17,21)(H,18,19);1H. The Morgan fingerprint density at radius 2 is 2.04 bits per heavy atom. The van der Waals surface area contributed by atoms with Crippen molar-refractivity contribution in [1.29, 1.82) is 0 Å². The van der Waals surface area contributed by atoms with Gasteiger partial charge in [0.15, 0.2) is 5.69 Å². The smallest absolute Gasteiger partial charge is 0.307 e. The number of aromatic nitrogens is 2. The first-order chi connectivity index (χ1) is 10.5. The van der Waals surface area contributed by atoms with Gasteiger partial charge < -0.3 is 15.4 Å². The molecule has 2 rings (SSSR count). The van der Waals surface area contributed by atoms with Crippen molar-refractivity contribution < 1.29 is 14.3 Å². The van der Waals surface area contributed by atoms with Gasteiger partial charge in [0.2, 0.25) is 0 Å². The van der Waals surface area contributed by atoms with Crippen LogP contribution in [0.1, 0.15) is 54.9 Å². The number of amides is 1. The van der Waals surface area contributed by atoms with E-state index in [2.05, 4.69) is 20.8 Å². The molecular formula is C15H25ClN4O3. The summed E-state index contributed by atoms with van der Waals surface area (Å²) < 4.78 is 4.75. The first-order valence-corrected chi connectivity index (χ1v) is 7.71. The van der Waals surface area contributed by atoms with Crippen LogP contribution < -0.4 is 10.6 Å². The van der Waals surface area contributed by atoms with Crippen LogP contribution in [0.4, 0.5) is 0 Å². The molecule has 3 N–H and O–H groups in total. The van der Waals surface area contributed by atoms with Crippen LogP contribution >= 0.6 is 12.4 Å². The lowest BCUT2D eigenvalue weighted by molar-refractivity contribution is -0.142. The third-order valence-electron chi connectivity index (χ3n) is 4.46. The summed E-state index contributed by atoms with van der Waals surface area (Å²) in [5, 5.41) is 13.3. The highest BCUT2D eigenvalue weighted by molar-refractivity contribution is 5.94.